The lowest BCUT2D eigenvalue weighted by Gasteiger charge is -2.19. The van der Waals surface area contributed by atoms with Gasteiger partial charge in [0.2, 0.25) is 10.0 Å². The van der Waals surface area contributed by atoms with Gasteiger partial charge in [0, 0.05) is 26.2 Å². The summed E-state index contributed by atoms with van der Waals surface area (Å²) < 4.78 is 27.9. The summed E-state index contributed by atoms with van der Waals surface area (Å²) in [4.78, 5) is 14.2. The maximum Gasteiger partial charge on any atom is 0.254 e. The predicted octanol–water partition coefficient (Wildman–Crippen LogP) is 2.01. The molecule has 2 rings (SSSR count). The van der Waals surface area contributed by atoms with Crippen molar-refractivity contribution in [3.8, 4) is 0 Å². The molecule has 1 aromatic rings. The Kier molecular flexibility index (Phi) is 8.85. The van der Waals surface area contributed by atoms with Gasteiger partial charge in [-0.05, 0) is 37.9 Å². The summed E-state index contributed by atoms with van der Waals surface area (Å²) in [7, 11) is -2.01. The van der Waals surface area contributed by atoms with E-state index in [0.717, 1.165) is 32.2 Å². The summed E-state index contributed by atoms with van der Waals surface area (Å²) in [6.45, 7) is 3.93. The molecule has 25 heavy (non-hydrogen) atoms. The highest BCUT2D eigenvalue weighted by molar-refractivity contribution is 7.89. The van der Waals surface area contributed by atoms with Gasteiger partial charge in [0.1, 0.15) is 0 Å². The van der Waals surface area contributed by atoms with E-state index in [1.165, 1.54) is 6.07 Å². The molecule has 1 aliphatic heterocycles. The molecule has 1 aromatic carbocycles. The lowest BCUT2D eigenvalue weighted by molar-refractivity contribution is 0.0789. The second kappa shape index (κ2) is 10.1. The lowest BCUT2D eigenvalue weighted by Crippen LogP contribution is -2.38. The van der Waals surface area contributed by atoms with Gasteiger partial charge in [0.25, 0.3) is 5.91 Å². The van der Waals surface area contributed by atoms with Gasteiger partial charge in [-0.3, -0.25) is 4.79 Å². The minimum absolute atomic E-state index is 0. The van der Waals surface area contributed by atoms with E-state index in [0.29, 0.717) is 13.1 Å². The van der Waals surface area contributed by atoms with Crippen LogP contribution in [0.1, 0.15) is 43.0 Å². The molecule has 0 bridgehead atoms. The molecule has 0 saturated carbocycles. The van der Waals surface area contributed by atoms with E-state index in [2.05, 4.69) is 17.0 Å². The van der Waals surface area contributed by atoms with Crippen molar-refractivity contribution in [3.05, 3.63) is 29.8 Å². The quantitative estimate of drug-likeness (QED) is 0.712. The minimum Gasteiger partial charge on any atom is -0.342 e. The number of sulfonamides is 1. The van der Waals surface area contributed by atoms with E-state index in [1.807, 2.05) is 0 Å². The van der Waals surface area contributed by atoms with E-state index in [1.54, 1.807) is 30.1 Å². The number of amides is 1. The molecule has 0 aliphatic carbocycles. The third-order valence-corrected chi connectivity index (χ3v) is 5.76. The number of carbonyl (C=O) groups excluding carboxylic acids is 1. The number of carbonyl (C=O) groups is 1. The van der Waals surface area contributed by atoms with Crippen LogP contribution in [0.3, 0.4) is 0 Å². The molecule has 0 aromatic heterocycles. The standard InChI is InChI=1S/C17H27N3O3S.ClH/c1-3-4-12-20(2)17(21)15-9-5-6-10-16(15)24(22,23)19-13-14-8-7-11-18-14;/h5-6,9-10,14,18-19H,3-4,7-8,11-13H2,1-2H3;1H. The molecule has 1 aliphatic rings. The second-order valence-electron chi connectivity index (χ2n) is 6.22. The molecular weight excluding hydrogens is 362 g/mol. The largest absolute Gasteiger partial charge is 0.342 e. The zero-order chi connectivity index (χ0) is 17.6. The first-order chi connectivity index (χ1) is 11.5. The smallest absolute Gasteiger partial charge is 0.254 e. The fraction of sp³-hybridized carbons (Fsp3) is 0.588. The molecule has 1 unspecified atom stereocenters. The van der Waals surface area contributed by atoms with Crippen LogP contribution < -0.4 is 10.0 Å². The van der Waals surface area contributed by atoms with E-state index in [-0.39, 0.29) is 34.8 Å². The van der Waals surface area contributed by atoms with Crippen LogP contribution in [0, 0.1) is 0 Å². The Bertz CT molecular complexity index is 661. The van der Waals surface area contributed by atoms with Crippen LogP contribution in [0.4, 0.5) is 0 Å². The van der Waals surface area contributed by atoms with Crippen molar-refractivity contribution >= 4 is 28.3 Å². The molecule has 1 saturated heterocycles. The molecular formula is C17H28ClN3O3S. The molecule has 1 amide bonds. The fourth-order valence-corrected chi connectivity index (χ4v) is 4.08. The molecule has 142 valence electrons. The van der Waals surface area contributed by atoms with Crippen molar-refractivity contribution in [1.29, 1.82) is 0 Å². The highest BCUT2D eigenvalue weighted by atomic mass is 35.5. The van der Waals surface area contributed by atoms with Crippen LogP contribution in [0.15, 0.2) is 29.2 Å². The summed E-state index contributed by atoms with van der Waals surface area (Å²) in [5.74, 6) is -0.261. The van der Waals surface area contributed by atoms with Crippen LogP contribution in [-0.4, -0.2) is 51.9 Å². The van der Waals surface area contributed by atoms with Crippen LogP contribution in [0.2, 0.25) is 0 Å². The highest BCUT2D eigenvalue weighted by Crippen LogP contribution is 2.18. The van der Waals surface area contributed by atoms with E-state index in [9.17, 15) is 13.2 Å². The van der Waals surface area contributed by atoms with Crippen molar-refractivity contribution in [2.45, 2.75) is 43.5 Å². The molecule has 1 heterocycles. The van der Waals surface area contributed by atoms with E-state index in [4.69, 9.17) is 0 Å². The summed E-state index contributed by atoms with van der Waals surface area (Å²) in [6.07, 6.45) is 3.89. The molecule has 0 spiro atoms. The van der Waals surface area contributed by atoms with Gasteiger partial charge in [0.15, 0.2) is 0 Å². The van der Waals surface area contributed by atoms with Crippen molar-refractivity contribution in [3.63, 3.8) is 0 Å². The van der Waals surface area contributed by atoms with Crippen LogP contribution in [0.5, 0.6) is 0 Å². The summed E-state index contributed by atoms with van der Waals surface area (Å²) in [5, 5.41) is 3.26. The van der Waals surface area contributed by atoms with Gasteiger partial charge in [0.05, 0.1) is 10.5 Å². The number of hydrogen-bond donors (Lipinski definition) is 2. The first-order valence-corrected chi connectivity index (χ1v) is 10.0. The third-order valence-electron chi connectivity index (χ3n) is 4.28. The van der Waals surface area contributed by atoms with Gasteiger partial charge < -0.3 is 10.2 Å². The monoisotopic (exact) mass is 389 g/mol. The number of nitrogens with one attached hydrogen (secondary N) is 2. The van der Waals surface area contributed by atoms with Crippen molar-refractivity contribution in [2.24, 2.45) is 0 Å². The third kappa shape index (κ3) is 5.95. The Labute approximate surface area is 156 Å². The zero-order valence-corrected chi connectivity index (χ0v) is 16.5. The summed E-state index contributed by atoms with van der Waals surface area (Å²) in [5.41, 5.74) is 0.225. The Morgan fingerprint density at radius 2 is 2.08 bits per heavy atom. The number of hydrogen-bond acceptors (Lipinski definition) is 4. The number of benzene rings is 1. The maximum atomic E-state index is 12.6. The SMILES string of the molecule is CCCCN(C)C(=O)c1ccccc1S(=O)(=O)NCC1CCCN1.Cl. The molecule has 1 fully saturated rings. The summed E-state index contributed by atoms with van der Waals surface area (Å²) in [6, 6.07) is 6.57. The first-order valence-electron chi connectivity index (χ1n) is 8.53. The van der Waals surface area contributed by atoms with Crippen molar-refractivity contribution in [2.75, 3.05) is 26.7 Å². The van der Waals surface area contributed by atoms with Crippen molar-refractivity contribution < 1.29 is 13.2 Å². The van der Waals surface area contributed by atoms with Crippen LogP contribution in [-0.2, 0) is 10.0 Å². The number of rotatable bonds is 8. The fourth-order valence-electron chi connectivity index (χ4n) is 2.80. The molecule has 0 radical (unpaired) electrons. The summed E-state index contributed by atoms with van der Waals surface area (Å²) >= 11 is 0. The average Bonchev–Trinajstić information content (AvgIpc) is 3.11. The average molecular weight is 390 g/mol. The van der Waals surface area contributed by atoms with Crippen LogP contribution >= 0.6 is 12.4 Å². The van der Waals surface area contributed by atoms with Gasteiger partial charge in [-0.25, -0.2) is 13.1 Å². The normalized spacial score (nSPS) is 17.1. The maximum absolute atomic E-state index is 12.6. The Hall–Kier alpha value is -1.15. The van der Waals surface area contributed by atoms with E-state index >= 15 is 0 Å². The lowest BCUT2D eigenvalue weighted by atomic mass is 10.2. The predicted molar refractivity (Wildman–Crippen MR) is 102 cm³/mol. The van der Waals surface area contributed by atoms with Gasteiger partial charge in [-0.15, -0.1) is 12.4 Å². The first kappa shape index (κ1) is 21.9. The van der Waals surface area contributed by atoms with Crippen molar-refractivity contribution in [1.82, 2.24) is 14.9 Å². The number of halogens is 1. The molecule has 8 heteroatoms. The van der Waals surface area contributed by atoms with Gasteiger partial charge in [-0.1, -0.05) is 25.5 Å². The van der Waals surface area contributed by atoms with Gasteiger partial charge >= 0.3 is 0 Å². The molecule has 1 atom stereocenters. The Morgan fingerprint density at radius 3 is 2.72 bits per heavy atom. The molecule has 2 N–H and O–H groups in total. The zero-order valence-electron chi connectivity index (χ0n) is 14.8. The number of nitrogens with zero attached hydrogens (tertiary/aromatic N) is 1. The minimum atomic E-state index is -3.71. The van der Waals surface area contributed by atoms with Crippen LogP contribution in [0.25, 0.3) is 0 Å². The Balaban J connectivity index is 0.00000312. The highest BCUT2D eigenvalue weighted by Gasteiger charge is 2.25. The second-order valence-corrected chi connectivity index (χ2v) is 7.96. The van der Waals surface area contributed by atoms with E-state index < -0.39 is 10.0 Å². The molecule has 6 nitrogen and oxygen atoms in total. The number of unbranched alkanes of at least 4 members (excludes halogenated alkanes) is 1. The van der Waals surface area contributed by atoms with Gasteiger partial charge in [-0.2, -0.15) is 0 Å². The topological polar surface area (TPSA) is 78.5 Å². The Morgan fingerprint density at radius 1 is 1.36 bits per heavy atom.